The zero-order valence-corrected chi connectivity index (χ0v) is 9.82. The number of carbonyl (C=O) groups excluding carboxylic acids is 1. The van der Waals surface area contributed by atoms with Crippen molar-refractivity contribution < 1.29 is 9.53 Å². The number of ether oxygens (including phenoxy) is 1. The third-order valence-corrected chi connectivity index (χ3v) is 2.64. The first-order valence-electron chi connectivity index (χ1n) is 5.42. The van der Waals surface area contributed by atoms with Gasteiger partial charge in [0.05, 0.1) is 12.7 Å². The second-order valence-electron chi connectivity index (χ2n) is 3.96. The van der Waals surface area contributed by atoms with Gasteiger partial charge in [-0.25, -0.2) is 4.79 Å². The number of urea groups is 1. The average molecular weight is 215 g/mol. The lowest BCUT2D eigenvalue weighted by molar-refractivity contribution is -0.0171. The third-order valence-electron chi connectivity index (χ3n) is 2.64. The Hall–Kier alpha value is -0.810. The quantitative estimate of drug-likeness (QED) is 0.719. The predicted octanol–water partition coefficient (Wildman–Crippen LogP) is -0.0217. The van der Waals surface area contributed by atoms with Crippen molar-refractivity contribution in [3.8, 4) is 0 Å². The molecule has 0 saturated carbocycles. The molecule has 2 amide bonds. The standard InChI is InChI=1S/C10H21N3O2/c1-4-13(3)10(14)11-7-9-8-12(2)5-6-15-9/h9H,4-8H2,1-3H3,(H,11,14). The van der Waals surface area contributed by atoms with Crippen molar-refractivity contribution in [2.24, 2.45) is 0 Å². The van der Waals surface area contributed by atoms with Crippen LogP contribution in [0.2, 0.25) is 0 Å². The maximum atomic E-state index is 11.4. The Balaban J connectivity index is 2.21. The molecule has 1 rings (SSSR count). The molecular weight excluding hydrogens is 194 g/mol. The maximum absolute atomic E-state index is 11.4. The lowest BCUT2D eigenvalue weighted by Crippen LogP contribution is -2.48. The van der Waals surface area contributed by atoms with Gasteiger partial charge < -0.3 is 19.9 Å². The van der Waals surface area contributed by atoms with Crippen molar-refractivity contribution in [2.75, 3.05) is 46.9 Å². The predicted molar refractivity (Wildman–Crippen MR) is 58.9 cm³/mol. The summed E-state index contributed by atoms with van der Waals surface area (Å²) in [5.74, 6) is 0. The normalized spacial score (nSPS) is 22.5. The average Bonchev–Trinajstić information content (AvgIpc) is 2.25. The van der Waals surface area contributed by atoms with E-state index in [1.54, 1.807) is 11.9 Å². The van der Waals surface area contributed by atoms with E-state index in [2.05, 4.69) is 17.3 Å². The first-order chi connectivity index (χ1) is 7.13. The van der Waals surface area contributed by atoms with Crippen LogP contribution in [0.25, 0.3) is 0 Å². The number of amides is 2. The fourth-order valence-electron chi connectivity index (χ4n) is 1.47. The Morgan fingerprint density at radius 1 is 1.67 bits per heavy atom. The SMILES string of the molecule is CCN(C)C(=O)NCC1CN(C)CCO1. The Morgan fingerprint density at radius 2 is 2.40 bits per heavy atom. The number of hydrogen-bond donors (Lipinski definition) is 1. The van der Waals surface area contributed by atoms with Gasteiger partial charge in [0.25, 0.3) is 0 Å². The summed E-state index contributed by atoms with van der Waals surface area (Å²) in [5.41, 5.74) is 0. The molecule has 1 aliphatic heterocycles. The van der Waals surface area contributed by atoms with Crippen LogP contribution in [0.4, 0.5) is 4.79 Å². The lowest BCUT2D eigenvalue weighted by atomic mass is 10.3. The van der Waals surface area contributed by atoms with Crippen LogP contribution in [0, 0.1) is 0 Å². The summed E-state index contributed by atoms with van der Waals surface area (Å²) in [6.07, 6.45) is 0.123. The molecule has 0 bridgehead atoms. The summed E-state index contributed by atoms with van der Waals surface area (Å²) in [5, 5.41) is 2.86. The van der Waals surface area contributed by atoms with Crippen molar-refractivity contribution >= 4 is 6.03 Å². The molecule has 0 spiro atoms. The second-order valence-corrected chi connectivity index (χ2v) is 3.96. The Kier molecular flexibility index (Phi) is 4.84. The Labute approximate surface area is 91.4 Å². The number of hydrogen-bond acceptors (Lipinski definition) is 3. The van der Waals surface area contributed by atoms with E-state index in [1.807, 2.05) is 6.92 Å². The molecule has 0 aromatic carbocycles. The summed E-state index contributed by atoms with van der Waals surface area (Å²) >= 11 is 0. The highest BCUT2D eigenvalue weighted by Gasteiger charge is 2.18. The molecule has 1 fully saturated rings. The van der Waals surface area contributed by atoms with Crippen molar-refractivity contribution in [1.82, 2.24) is 15.1 Å². The van der Waals surface area contributed by atoms with E-state index in [4.69, 9.17) is 4.74 Å². The highest BCUT2D eigenvalue weighted by atomic mass is 16.5. The minimum absolute atomic E-state index is 0.0330. The van der Waals surface area contributed by atoms with Gasteiger partial charge in [-0.2, -0.15) is 0 Å². The summed E-state index contributed by atoms with van der Waals surface area (Å²) in [7, 11) is 3.85. The first-order valence-corrected chi connectivity index (χ1v) is 5.42. The number of nitrogens with one attached hydrogen (secondary N) is 1. The van der Waals surface area contributed by atoms with Crippen LogP contribution in [0.1, 0.15) is 6.92 Å². The Morgan fingerprint density at radius 3 is 3.00 bits per heavy atom. The van der Waals surface area contributed by atoms with E-state index < -0.39 is 0 Å². The van der Waals surface area contributed by atoms with Gasteiger partial charge in [0.2, 0.25) is 0 Å². The molecule has 1 unspecified atom stereocenters. The molecule has 1 heterocycles. The minimum atomic E-state index is -0.0330. The van der Waals surface area contributed by atoms with Gasteiger partial charge >= 0.3 is 6.03 Å². The van der Waals surface area contributed by atoms with Crippen LogP contribution in [0.3, 0.4) is 0 Å². The van der Waals surface area contributed by atoms with Crippen molar-refractivity contribution in [2.45, 2.75) is 13.0 Å². The van der Waals surface area contributed by atoms with Crippen LogP contribution < -0.4 is 5.32 Å². The highest BCUT2D eigenvalue weighted by molar-refractivity contribution is 5.73. The molecule has 1 saturated heterocycles. The summed E-state index contributed by atoms with van der Waals surface area (Å²) in [4.78, 5) is 15.3. The molecule has 0 aromatic rings. The molecule has 5 nitrogen and oxygen atoms in total. The van der Waals surface area contributed by atoms with Gasteiger partial charge in [0.1, 0.15) is 0 Å². The van der Waals surface area contributed by atoms with E-state index in [9.17, 15) is 4.79 Å². The number of carbonyl (C=O) groups is 1. The largest absolute Gasteiger partial charge is 0.374 e. The number of likely N-dealkylation sites (N-methyl/N-ethyl adjacent to an activating group) is 1. The lowest BCUT2D eigenvalue weighted by Gasteiger charge is -2.30. The van der Waals surface area contributed by atoms with Gasteiger partial charge in [0.15, 0.2) is 0 Å². The van der Waals surface area contributed by atoms with Gasteiger partial charge in [-0.15, -0.1) is 0 Å². The molecule has 1 aliphatic rings. The molecular formula is C10H21N3O2. The fourth-order valence-corrected chi connectivity index (χ4v) is 1.47. The number of morpholine rings is 1. The molecule has 1 N–H and O–H groups in total. The fraction of sp³-hybridized carbons (Fsp3) is 0.900. The number of nitrogens with zero attached hydrogens (tertiary/aromatic N) is 2. The molecule has 0 radical (unpaired) electrons. The molecule has 1 atom stereocenters. The van der Waals surface area contributed by atoms with Crippen molar-refractivity contribution in [3.63, 3.8) is 0 Å². The van der Waals surface area contributed by atoms with Gasteiger partial charge in [-0.1, -0.05) is 0 Å². The molecule has 88 valence electrons. The van der Waals surface area contributed by atoms with Crippen LogP contribution >= 0.6 is 0 Å². The summed E-state index contributed by atoms with van der Waals surface area (Å²) in [6.45, 7) is 5.87. The smallest absolute Gasteiger partial charge is 0.317 e. The zero-order chi connectivity index (χ0) is 11.3. The van der Waals surface area contributed by atoms with Gasteiger partial charge in [-0.05, 0) is 14.0 Å². The zero-order valence-electron chi connectivity index (χ0n) is 9.82. The van der Waals surface area contributed by atoms with Crippen molar-refractivity contribution in [1.29, 1.82) is 0 Å². The maximum Gasteiger partial charge on any atom is 0.317 e. The van der Waals surface area contributed by atoms with E-state index in [0.717, 1.165) is 26.2 Å². The van der Waals surface area contributed by atoms with Gasteiger partial charge in [-0.3, -0.25) is 0 Å². The number of rotatable bonds is 3. The first kappa shape index (κ1) is 12.3. The van der Waals surface area contributed by atoms with Crippen LogP contribution in [-0.4, -0.2) is 68.8 Å². The molecule has 0 aromatic heterocycles. The third kappa shape index (κ3) is 4.05. The van der Waals surface area contributed by atoms with Gasteiger partial charge in [0, 0.05) is 33.2 Å². The Bertz CT molecular complexity index is 211. The van der Waals surface area contributed by atoms with E-state index in [1.165, 1.54) is 0 Å². The second kappa shape index (κ2) is 5.92. The van der Waals surface area contributed by atoms with E-state index in [-0.39, 0.29) is 12.1 Å². The van der Waals surface area contributed by atoms with Crippen molar-refractivity contribution in [3.05, 3.63) is 0 Å². The monoisotopic (exact) mass is 215 g/mol. The van der Waals surface area contributed by atoms with Crippen LogP contribution in [0.15, 0.2) is 0 Å². The van der Waals surface area contributed by atoms with E-state index >= 15 is 0 Å². The molecule has 0 aliphatic carbocycles. The summed E-state index contributed by atoms with van der Waals surface area (Å²) < 4.78 is 5.54. The molecule has 15 heavy (non-hydrogen) atoms. The molecule has 5 heteroatoms. The van der Waals surface area contributed by atoms with Crippen LogP contribution in [-0.2, 0) is 4.74 Å². The topological polar surface area (TPSA) is 44.8 Å². The highest BCUT2D eigenvalue weighted by Crippen LogP contribution is 2.01. The van der Waals surface area contributed by atoms with E-state index in [0.29, 0.717) is 6.54 Å². The minimum Gasteiger partial charge on any atom is -0.374 e. The summed E-state index contributed by atoms with van der Waals surface area (Å²) in [6, 6.07) is -0.0330. The van der Waals surface area contributed by atoms with Crippen LogP contribution in [0.5, 0.6) is 0 Å².